The van der Waals surface area contributed by atoms with Crippen molar-refractivity contribution < 1.29 is 14.3 Å². The highest BCUT2D eigenvalue weighted by Crippen LogP contribution is 2.24. The molecule has 1 aromatic heterocycles. The zero-order chi connectivity index (χ0) is 20.7. The molecule has 0 aliphatic carbocycles. The number of nitrogens with zero attached hydrogens (tertiary/aromatic N) is 2. The molecule has 1 heterocycles. The minimum absolute atomic E-state index is 0.0550. The van der Waals surface area contributed by atoms with Gasteiger partial charge < -0.3 is 19.4 Å². The van der Waals surface area contributed by atoms with Crippen molar-refractivity contribution in [1.29, 1.82) is 0 Å². The molecule has 0 atom stereocenters. The van der Waals surface area contributed by atoms with Gasteiger partial charge in [-0.2, -0.15) is 0 Å². The lowest BCUT2D eigenvalue weighted by atomic mass is 9.87. The molecule has 6 nitrogen and oxygen atoms in total. The lowest BCUT2D eigenvalue weighted by molar-refractivity contribution is -0.118. The molecule has 0 fully saturated rings. The maximum Gasteiger partial charge on any atom is 0.262 e. The van der Waals surface area contributed by atoms with Crippen LogP contribution < -0.4 is 14.8 Å². The summed E-state index contributed by atoms with van der Waals surface area (Å²) in [7, 11) is 0. The predicted octanol–water partition coefficient (Wildman–Crippen LogP) is 4.28. The largest absolute Gasteiger partial charge is 0.492 e. The summed E-state index contributed by atoms with van der Waals surface area (Å²) < 4.78 is 13.3. The highest BCUT2D eigenvalue weighted by atomic mass is 16.5. The van der Waals surface area contributed by atoms with E-state index in [-0.39, 0.29) is 17.9 Å². The van der Waals surface area contributed by atoms with Crippen molar-refractivity contribution in [3.8, 4) is 11.5 Å². The quantitative estimate of drug-likeness (QED) is 0.620. The third kappa shape index (κ3) is 6.38. The summed E-state index contributed by atoms with van der Waals surface area (Å²) >= 11 is 0. The first-order chi connectivity index (χ1) is 13.9. The Hall–Kier alpha value is -3.28. The van der Waals surface area contributed by atoms with Crippen LogP contribution >= 0.6 is 0 Å². The smallest absolute Gasteiger partial charge is 0.262 e. The molecule has 29 heavy (non-hydrogen) atoms. The van der Waals surface area contributed by atoms with Crippen molar-refractivity contribution in [2.45, 2.75) is 32.7 Å². The van der Waals surface area contributed by atoms with Crippen LogP contribution in [0.2, 0.25) is 0 Å². The van der Waals surface area contributed by atoms with Crippen LogP contribution in [-0.2, 0) is 16.8 Å². The third-order valence-electron chi connectivity index (χ3n) is 4.39. The summed E-state index contributed by atoms with van der Waals surface area (Å²) in [6.07, 6.45) is 5.37. The van der Waals surface area contributed by atoms with E-state index in [1.165, 1.54) is 5.56 Å². The Balaban J connectivity index is 1.46. The number of hydrogen-bond acceptors (Lipinski definition) is 4. The molecule has 0 radical (unpaired) electrons. The molecule has 0 bridgehead atoms. The van der Waals surface area contributed by atoms with Crippen LogP contribution in [0, 0.1) is 0 Å². The van der Waals surface area contributed by atoms with Gasteiger partial charge in [-0.05, 0) is 35.2 Å². The van der Waals surface area contributed by atoms with Gasteiger partial charge in [0, 0.05) is 24.1 Å². The Morgan fingerprint density at radius 1 is 1.07 bits per heavy atom. The van der Waals surface area contributed by atoms with Crippen molar-refractivity contribution in [2.24, 2.45) is 0 Å². The Morgan fingerprint density at radius 2 is 1.86 bits per heavy atom. The van der Waals surface area contributed by atoms with Gasteiger partial charge in [-0.3, -0.25) is 4.79 Å². The standard InChI is InChI=1S/C23H27N3O3/c1-23(2,3)18-7-9-20(10-8-18)29-16-22(27)25-19-5-4-6-21(15-19)28-14-13-26-12-11-24-17-26/h4-12,15,17H,13-14,16H2,1-3H3,(H,25,27). The topological polar surface area (TPSA) is 65.4 Å². The fourth-order valence-corrected chi connectivity index (χ4v) is 2.75. The highest BCUT2D eigenvalue weighted by molar-refractivity contribution is 5.92. The summed E-state index contributed by atoms with van der Waals surface area (Å²) in [6, 6.07) is 15.1. The Labute approximate surface area is 171 Å². The number of ether oxygens (including phenoxy) is 2. The Morgan fingerprint density at radius 3 is 2.55 bits per heavy atom. The van der Waals surface area contributed by atoms with Gasteiger partial charge in [0.25, 0.3) is 5.91 Å². The van der Waals surface area contributed by atoms with Crippen LogP contribution in [0.5, 0.6) is 11.5 Å². The fourth-order valence-electron chi connectivity index (χ4n) is 2.75. The van der Waals surface area contributed by atoms with Gasteiger partial charge in [0.05, 0.1) is 12.9 Å². The van der Waals surface area contributed by atoms with E-state index < -0.39 is 0 Å². The lowest BCUT2D eigenvalue weighted by Crippen LogP contribution is -2.20. The van der Waals surface area contributed by atoms with Crippen molar-refractivity contribution in [1.82, 2.24) is 9.55 Å². The first-order valence-corrected chi connectivity index (χ1v) is 9.62. The van der Waals surface area contributed by atoms with Crippen molar-refractivity contribution in [3.63, 3.8) is 0 Å². The highest BCUT2D eigenvalue weighted by Gasteiger charge is 2.13. The average molecular weight is 393 g/mol. The average Bonchev–Trinajstić information content (AvgIpc) is 3.20. The van der Waals surface area contributed by atoms with E-state index in [0.29, 0.717) is 30.3 Å². The molecule has 2 aromatic carbocycles. The molecular formula is C23H27N3O3. The van der Waals surface area contributed by atoms with Crippen LogP contribution in [0.3, 0.4) is 0 Å². The number of amides is 1. The van der Waals surface area contributed by atoms with Gasteiger partial charge in [-0.1, -0.05) is 39.0 Å². The maximum absolute atomic E-state index is 12.2. The van der Waals surface area contributed by atoms with Crippen molar-refractivity contribution in [2.75, 3.05) is 18.5 Å². The fraction of sp³-hybridized carbons (Fsp3) is 0.304. The second kappa shape index (κ2) is 9.28. The lowest BCUT2D eigenvalue weighted by Gasteiger charge is -2.19. The molecule has 0 spiro atoms. The number of imidazole rings is 1. The number of rotatable bonds is 8. The molecule has 152 valence electrons. The Kier molecular flexibility index (Phi) is 6.54. The summed E-state index contributed by atoms with van der Waals surface area (Å²) in [5.74, 6) is 1.15. The number of carbonyl (C=O) groups is 1. The van der Waals surface area contributed by atoms with Gasteiger partial charge in [0.1, 0.15) is 18.1 Å². The SMILES string of the molecule is CC(C)(C)c1ccc(OCC(=O)Nc2cccc(OCCn3ccnc3)c2)cc1. The number of aromatic nitrogens is 2. The summed E-state index contributed by atoms with van der Waals surface area (Å²) in [5, 5.41) is 2.83. The summed E-state index contributed by atoms with van der Waals surface area (Å²) in [4.78, 5) is 16.2. The summed E-state index contributed by atoms with van der Waals surface area (Å²) in [5.41, 5.74) is 1.97. The van der Waals surface area contributed by atoms with E-state index in [4.69, 9.17) is 9.47 Å². The molecule has 3 aromatic rings. The molecule has 0 saturated heterocycles. The van der Waals surface area contributed by atoms with Gasteiger partial charge in [0.2, 0.25) is 0 Å². The van der Waals surface area contributed by atoms with E-state index in [1.54, 1.807) is 18.6 Å². The predicted molar refractivity (Wildman–Crippen MR) is 113 cm³/mol. The molecule has 0 aliphatic heterocycles. The van der Waals surface area contributed by atoms with E-state index in [9.17, 15) is 4.79 Å². The van der Waals surface area contributed by atoms with Crippen LogP contribution in [0.4, 0.5) is 5.69 Å². The molecule has 1 amide bonds. The molecule has 3 rings (SSSR count). The number of benzene rings is 2. The van der Waals surface area contributed by atoms with E-state index >= 15 is 0 Å². The second-order valence-corrected chi connectivity index (χ2v) is 7.79. The summed E-state index contributed by atoms with van der Waals surface area (Å²) in [6.45, 7) is 7.64. The Bertz CT molecular complexity index is 913. The number of nitrogens with one attached hydrogen (secondary N) is 1. The number of carbonyl (C=O) groups excluding carboxylic acids is 1. The monoisotopic (exact) mass is 393 g/mol. The first kappa shape index (κ1) is 20.5. The van der Waals surface area contributed by atoms with Crippen molar-refractivity contribution in [3.05, 3.63) is 72.8 Å². The minimum Gasteiger partial charge on any atom is -0.492 e. The molecule has 0 unspecified atom stereocenters. The zero-order valence-corrected chi connectivity index (χ0v) is 17.1. The van der Waals surface area contributed by atoms with Crippen LogP contribution in [-0.4, -0.2) is 28.7 Å². The van der Waals surface area contributed by atoms with Gasteiger partial charge in [0.15, 0.2) is 6.61 Å². The van der Waals surface area contributed by atoms with E-state index in [1.807, 2.05) is 53.2 Å². The zero-order valence-electron chi connectivity index (χ0n) is 17.1. The first-order valence-electron chi connectivity index (χ1n) is 9.62. The minimum atomic E-state index is -0.222. The third-order valence-corrected chi connectivity index (χ3v) is 4.39. The van der Waals surface area contributed by atoms with Crippen molar-refractivity contribution >= 4 is 11.6 Å². The van der Waals surface area contributed by atoms with Gasteiger partial charge >= 0.3 is 0 Å². The molecular weight excluding hydrogens is 366 g/mol. The normalized spacial score (nSPS) is 11.1. The maximum atomic E-state index is 12.2. The van der Waals surface area contributed by atoms with Crippen LogP contribution in [0.15, 0.2) is 67.3 Å². The second-order valence-electron chi connectivity index (χ2n) is 7.79. The number of hydrogen-bond donors (Lipinski definition) is 1. The van der Waals surface area contributed by atoms with Crippen LogP contribution in [0.1, 0.15) is 26.3 Å². The van der Waals surface area contributed by atoms with Gasteiger partial charge in [-0.25, -0.2) is 4.98 Å². The molecule has 1 N–H and O–H groups in total. The van der Waals surface area contributed by atoms with E-state index in [0.717, 1.165) is 0 Å². The molecule has 0 saturated carbocycles. The van der Waals surface area contributed by atoms with E-state index in [2.05, 4.69) is 31.1 Å². The number of anilines is 1. The van der Waals surface area contributed by atoms with Crippen LogP contribution in [0.25, 0.3) is 0 Å². The van der Waals surface area contributed by atoms with Gasteiger partial charge in [-0.15, -0.1) is 0 Å². The molecule has 0 aliphatic rings. The molecule has 6 heteroatoms.